The third-order valence-corrected chi connectivity index (χ3v) is 2.26. The zero-order chi connectivity index (χ0) is 17.6. The van der Waals surface area contributed by atoms with Crippen LogP contribution in [0, 0.1) is 0 Å². The third-order valence-electron chi connectivity index (χ3n) is 2.26. The van der Waals surface area contributed by atoms with Gasteiger partial charge in [-0.3, -0.25) is 9.78 Å². The molecule has 0 bridgehead atoms. The first-order valence-electron chi connectivity index (χ1n) is 6.77. The molecule has 2 rings (SSSR count). The molecule has 0 aliphatic heterocycles. The van der Waals surface area contributed by atoms with E-state index in [0.29, 0.717) is 11.5 Å². The Balaban J connectivity index is 0.000000240. The molecule has 124 valence electrons. The number of para-hydroxylation sites is 2. The molecule has 0 radical (unpaired) electrons. The summed E-state index contributed by atoms with van der Waals surface area (Å²) in [5, 5.41) is 0. The van der Waals surface area contributed by atoms with Gasteiger partial charge in [0.2, 0.25) is 0 Å². The van der Waals surface area contributed by atoms with Crippen molar-refractivity contribution in [1.29, 1.82) is 0 Å². The molecule has 0 spiro atoms. The predicted molar refractivity (Wildman–Crippen MR) is 86.7 cm³/mol. The standard InChI is InChI=1S/2C9H8O3/c2*1-2-9(10)12-11-8-6-4-3-5-7-8/h2*2-7H,1H2. The zero-order valence-electron chi connectivity index (χ0n) is 12.8. The molecule has 0 aliphatic rings. The van der Waals surface area contributed by atoms with E-state index in [-0.39, 0.29) is 0 Å². The Morgan fingerprint density at radius 3 is 1.29 bits per heavy atom. The Morgan fingerprint density at radius 1 is 0.667 bits per heavy atom. The summed E-state index contributed by atoms with van der Waals surface area (Å²) in [6.07, 6.45) is 2.06. The summed E-state index contributed by atoms with van der Waals surface area (Å²) in [6, 6.07) is 17.5. The first-order chi connectivity index (χ1) is 11.7. The van der Waals surface area contributed by atoms with E-state index >= 15 is 0 Å². The second-order valence-corrected chi connectivity index (χ2v) is 4.01. The fraction of sp³-hybridized carbons (Fsp3) is 0. The monoisotopic (exact) mass is 328 g/mol. The second kappa shape index (κ2) is 11.1. The summed E-state index contributed by atoms with van der Waals surface area (Å²) in [4.78, 5) is 39.0. The average molecular weight is 328 g/mol. The number of hydrogen-bond acceptors (Lipinski definition) is 6. The molecule has 0 aliphatic carbocycles. The lowest BCUT2D eigenvalue weighted by Gasteiger charge is -2.00. The van der Waals surface area contributed by atoms with Crippen molar-refractivity contribution in [2.75, 3.05) is 0 Å². The summed E-state index contributed by atoms with van der Waals surface area (Å²) in [5.74, 6) is -0.266. The van der Waals surface area contributed by atoms with Crippen molar-refractivity contribution in [2.24, 2.45) is 0 Å². The van der Waals surface area contributed by atoms with Crippen LogP contribution in [-0.4, -0.2) is 11.9 Å². The van der Waals surface area contributed by atoms with Gasteiger partial charge in [0.05, 0.1) is 0 Å². The lowest BCUT2D eigenvalue weighted by molar-refractivity contribution is -0.207. The highest BCUT2D eigenvalue weighted by molar-refractivity contribution is 5.81. The molecule has 0 fully saturated rings. The minimum absolute atomic E-state index is 0.479. The normalized spacial score (nSPS) is 8.67. The Morgan fingerprint density at radius 2 is 1.00 bits per heavy atom. The summed E-state index contributed by atoms with van der Waals surface area (Å²) in [5.41, 5.74) is 0. The number of carbonyl (C=O) groups is 2. The van der Waals surface area contributed by atoms with Gasteiger partial charge in [-0.2, -0.15) is 0 Å². The molecule has 0 unspecified atom stereocenters. The zero-order valence-corrected chi connectivity index (χ0v) is 12.8. The highest BCUT2D eigenvalue weighted by Crippen LogP contribution is 2.09. The quantitative estimate of drug-likeness (QED) is 0.460. The second-order valence-electron chi connectivity index (χ2n) is 4.01. The molecule has 0 N–H and O–H groups in total. The largest absolute Gasteiger partial charge is 0.378 e. The molecule has 6 heteroatoms. The van der Waals surface area contributed by atoms with Crippen molar-refractivity contribution in [2.45, 2.75) is 0 Å². The van der Waals surface area contributed by atoms with Crippen molar-refractivity contribution in [3.63, 3.8) is 0 Å². The number of carbonyl (C=O) groups excluding carboxylic acids is 2. The van der Waals surface area contributed by atoms with Gasteiger partial charge in [0.25, 0.3) is 0 Å². The van der Waals surface area contributed by atoms with Crippen molar-refractivity contribution < 1.29 is 29.1 Å². The molecule has 0 saturated heterocycles. The van der Waals surface area contributed by atoms with Crippen LogP contribution in [0.25, 0.3) is 0 Å². The lowest BCUT2D eigenvalue weighted by atomic mass is 10.3. The van der Waals surface area contributed by atoms with Crippen molar-refractivity contribution >= 4 is 11.9 Å². The van der Waals surface area contributed by atoms with E-state index in [2.05, 4.69) is 32.7 Å². The van der Waals surface area contributed by atoms with Crippen LogP contribution in [0.3, 0.4) is 0 Å². The molecule has 0 atom stereocenters. The summed E-state index contributed by atoms with van der Waals surface area (Å²) >= 11 is 0. The summed E-state index contributed by atoms with van der Waals surface area (Å²) in [6.45, 7) is 6.44. The molecule has 24 heavy (non-hydrogen) atoms. The average Bonchev–Trinajstić information content (AvgIpc) is 2.66. The van der Waals surface area contributed by atoms with Gasteiger partial charge in [0.15, 0.2) is 11.5 Å². The van der Waals surface area contributed by atoms with Gasteiger partial charge in [-0.1, -0.05) is 49.6 Å². The first kappa shape index (κ1) is 18.5. The summed E-state index contributed by atoms with van der Waals surface area (Å²) in [7, 11) is 0. The topological polar surface area (TPSA) is 71.1 Å². The Labute approximate surface area is 139 Å². The third kappa shape index (κ3) is 8.04. The maximum absolute atomic E-state index is 10.5. The first-order valence-corrected chi connectivity index (χ1v) is 6.77. The van der Waals surface area contributed by atoms with E-state index in [0.717, 1.165) is 12.2 Å². The van der Waals surface area contributed by atoms with Crippen LogP contribution in [0.1, 0.15) is 0 Å². The van der Waals surface area contributed by atoms with Crippen molar-refractivity contribution in [3.8, 4) is 11.5 Å². The van der Waals surface area contributed by atoms with Gasteiger partial charge < -0.3 is 0 Å². The van der Waals surface area contributed by atoms with E-state index in [9.17, 15) is 9.59 Å². The fourth-order valence-corrected chi connectivity index (χ4v) is 1.20. The molecule has 6 nitrogen and oxygen atoms in total. The SMILES string of the molecule is C=CC(=O)OOc1ccccc1.C=CC(=O)OOc1ccccc1. The van der Waals surface area contributed by atoms with Crippen LogP contribution < -0.4 is 9.78 Å². The maximum atomic E-state index is 10.5. The van der Waals surface area contributed by atoms with Crippen molar-refractivity contribution in [1.82, 2.24) is 0 Å². The lowest BCUT2D eigenvalue weighted by Crippen LogP contribution is -2.03. The summed E-state index contributed by atoms with van der Waals surface area (Å²) < 4.78 is 0. The van der Waals surface area contributed by atoms with Gasteiger partial charge in [-0.15, -0.1) is 0 Å². The van der Waals surface area contributed by atoms with Gasteiger partial charge in [-0.05, 0) is 24.3 Å². The van der Waals surface area contributed by atoms with Gasteiger partial charge in [0, 0.05) is 12.2 Å². The number of hydrogen-bond donors (Lipinski definition) is 0. The molecule has 2 aromatic rings. The van der Waals surface area contributed by atoms with Gasteiger partial charge in [0.1, 0.15) is 0 Å². The van der Waals surface area contributed by atoms with Crippen LogP contribution in [-0.2, 0) is 19.4 Å². The highest BCUT2D eigenvalue weighted by Gasteiger charge is 1.98. The minimum atomic E-state index is -0.612. The Hall–Kier alpha value is -3.54. The van der Waals surface area contributed by atoms with E-state index in [1.54, 1.807) is 48.5 Å². The highest BCUT2D eigenvalue weighted by atomic mass is 17.2. The number of rotatable bonds is 6. The Bertz CT molecular complexity index is 592. The molecule has 0 aromatic heterocycles. The van der Waals surface area contributed by atoms with Gasteiger partial charge >= 0.3 is 11.9 Å². The van der Waals surface area contributed by atoms with Gasteiger partial charge in [-0.25, -0.2) is 19.4 Å². The molecule has 0 heterocycles. The molecule has 0 amide bonds. The smallest absolute Gasteiger partial charge is 0.287 e. The molecule has 2 aromatic carbocycles. The van der Waals surface area contributed by atoms with Crippen LogP contribution >= 0.6 is 0 Å². The Kier molecular flexibility index (Phi) is 8.55. The molecule has 0 saturated carbocycles. The van der Waals surface area contributed by atoms with Crippen molar-refractivity contribution in [3.05, 3.63) is 86.0 Å². The van der Waals surface area contributed by atoms with Crippen LogP contribution in [0.5, 0.6) is 11.5 Å². The van der Waals surface area contributed by atoms with E-state index in [4.69, 9.17) is 0 Å². The van der Waals surface area contributed by atoms with E-state index in [1.807, 2.05) is 12.1 Å². The maximum Gasteiger partial charge on any atom is 0.378 e. The van der Waals surface area contributed by atoms with Crippen LogP contribution in [0.2, 0.25) is 0 Å². The van der Waals surface area contributed by atoms with Crippen LogP contribution in [0.15, 0.2) is 86.0 Å². The minimum Gasteiger partial charge on any atom is -0.287 e. The van der Waals surface area contributed by atoms with E-state index in [1.165, 1.54) is 0 Å². The molecular formula is C18H16O6. The van der Waals surface area contributed by atoms with Crippen LogP contribution in [0.4, 0.5) is 0 Å². The van der Waals surface area contributed by atoms with E-state index < -0.39 is 11.9 Å². The molecular weight excluding hydrogens is 312 g/mol. The fourth-order valence-electron chi connectivity index (χ4n) is 1.20. The predicted octanol–water partition coefficient (Wildman–Crippen LogP) is 3.42. The number of benzene rings is 2.